The Hall–Kier alpha value is -1.28. The Morgan fingerprint density at radius 3 is 2.47 bits per heavy atom. The third-order valence-electron chi connectivity index (χ3n) is 2.67. The summed E-state index contributed by atoms with van der Waals surface area (Å²) in [6.07, 6.45) is 5.67. The molecule has 1 aromatic rings. The molecule has 2 nitrogen and oxygen atoms in total. The van der Waals surface area contributed by atoms with E-state index >= 15 is 0 Å². The number of rotatable bonds is 3. The Labute approximate surface area is 90.5 Å². The van der Waals surface area contributed by atoms with Crippen LogP contribution in [0, 0.1) is 0 Å². The second kappa shape index (κ2) is 4.49. The Morgan fingerprint density at radius 1 is 1.20 bits per heavy atom. The first-order valence-corrected chi connectivity index (χ1v) is 5.31. The molecule has 1 aliphatic rings. The highest BCUT2D eigenvalue weighted by molar-refractivity contribution is 5.31. The minimum absolute atomic E-state index is 0.112. The van der Waals surface area contributed by atoms with Gasteiger partial charge in [0.05, 0.1) is 13.2 Å². The first kappa shape index (κ1) is 10.2. The summed E-state index contributed by atoms with van der Waals surface area (Å²) in [6.45, 7) is 2.13. The van der Waals surface area contributed by atoms with Crippen molar-refractivity contribution in [2.75, 3.05) is 7.11 Å². The molecule has 0 spiro atoms. The first-order chi connectivity index (χ1) is 7.33. The van der Waals surface area contributed by atoms with Gasteiger partial charge < -0.3 is 9.47 Å². The van der Waals surface area contributed by atoms with Crippen LogP contribution in [-0.2, 0) is 4.74 Å². The van der Waals surface area contributed by atoms with E-state index in [2.05, 4.69) is 19.1 Å². The van der Waals surface area contributed by atoms with Crippen LogP contribution in [0.15, 0.2) is 36.4 Å². The largest absolute Gasteiger partial charge is 0.497 e. The molecule has 15 heavy (non-hydrogen) atoms. The fraction of sp³-hybridized carbons (Fsp3) is 0.385. The quantitative estimate of drug-likeness (QED) is 0.704. The van der Waals surface area contributed by atoms with Gasteiger partial charge in [-0.05, 0) is 24.1 Å². The van der Waals surface area contributed by atoms with E-state index in [4.69, 9.17) is 9.47 Å². The molecule has 0 aliphatic carbocycles. The highest BCUT2D eigenvalue weighted by atomic mass is 16.5. The van der Waals surface area contributed by atoms with E-state index < -0.39 is 0 Å². The molecule has 0 aromatic heterocycles. The summed E-state index contributed by atoms with van der Waals surface area (Å²) in [5, 5.41) is 0. The van der Waals surface area contributed by atoms with Gasteiger partial charge in [-0.15, -0.1) is 0 Å². The smallest absolute Gasteiger partial charge is 0.118 e. The average Bonchev–Trinajstić information content (AvgIpc) is 2.78. The number of hydrogen-bond acceptors (Lipinski definition) is 2. The number of ether oxygens (including phenoxy) is 2. The topological polar surface area (TPSA) is 18.5 Å². The summed E-state index contributed by atoms with van der Waals surface area (Å²) in [5.74, 6) is 0.882. The zero-order valence-corrected chi connectivity index (χ0v) is 9.14. The van der Waals surface area contributed by atoms with Crippen LogP contribution in [0.3, 0.4) is 0 Å². The van der Waals surface area contributed by atoms with Crippen LogP contribution in [0.4, 0.5) is 0 Å². The second-order valence-corrected chi connectivity index (χ2v) is 3.66. The van der Waals surface area contributed by atoms with E-state index in [1.165, 1.54) is 5.56 Å². The van der Waals surface area contributed by atoms with Crippen LogP contribution >= 0.6 is 0 Å². The predicted octanol–water partition coefficient (Wildman–Crippen LogP) is 3.10. The minimum Gasteiger partial charge on any atom is -0.497 e. The molecule has 80 valence electrons. The number of methoxy groups -OCH3 is 1. The first-order valence-electron chi connectivity index (χ1n) is 5.31. The lowest BCUT2D eigenvalue weighted by atomic mass is 10.1. The molecule has 1 heterocycles. The maximum Gasteiger partial charge on any atom is 0.118 e. The maximum absolute atomic E-state index is 5.82. The van der Waals surface area contributed by atoms with Gasteiger partial charge in [-0.25, -0.2) is 0 Å². The molecule has 0 bridgehead atoms. The highest BCUT2D eigenvalue weighted by Gasteiger charge is 2.18. The van der Waals surface area contributed by atoms with Gasteiger partial charge in [-0.3, -0.25) is 0 Å². The molecule has 0 amide bonds. The van der Waals surface area contributed by atoms with Gasteiger partial charge in [0.1, 0.15) is 11.9 Å². The van der Waals surface area contributed by atoms with Crippen LogP contribution in [-0.4, -0.2) is 13.2 Å². The van der Waals surface area contributed by atoms with Crippen LogP contribution < -0.4 is 4.74 Å². The van der Waals surface area contributed by atoms with Crippen LogP contribution in [0.25, 0.3) is 0 Å². The zero-order chi connectivity index (χ0) is 10.7. The van der Waals surface area contributed by atoms with E-state index in [9.17, 15) is 0 Å². The number of hydrogen-bond donors (Lipinski definition) is 0. The van der Waals surface area contributed by atoms with Gasteiger partial charge in [0.25, 0.3) is 0 Å². The molecule has 0 radical (unpaired) electrons. The lowest BCUT2D eigenvalue weighted by Crippen LogP contribution is -2.05. The van der Waals surface area contributed by atoms with E-state index in [-0.39, 0.29) is 12.2 Å². The Kier molecular flexibility index (Phi) is 3.07. The molecule has 0 saturated carbocycles. The summed E-state index contributed by atoms with van der Waals surface area (Å²) in [5.41, 5.74) is 1.18. The Bertz CT molecular complexity index is 340. The summed E-state index contributed by atoms with van der Waals surface area (Å²) >= 11 is 0. The maximum atomic E-state index is 5.82. The van der Waals surface area contributed by atoms with Crippen molar-refractivity contribution in [2.24, 2.45) is 0 Å². The Balaban J connectivity index is 2.08. The molecule has 0 N–H and O–H groups in total. The van der Waals surface area contributed by atoms with Crippen molar-refractivity contribution in [1.82, 2.24) is 0 Å². The van der Waals surface area contributed by atoms with E-state index in [1.54, 1.807) is 7.11 Å². The lowest BCUT2D eigenvalue weighted by Gasteiger charge is -2.13. The van der Waals surface area contributed by atoms with Crippen molar-refractivity contribution in [2.45, 2.75) is 25.6 Å². The molecule has 0 saturated heterocycles. The standard InChI is InChI=1S/C13H16O2/c1-3-11-8-9-13(15-11)10-4-6-12(14-2)7-5-10/h4-9,11,13H,3H2,1-2H3/t11-,13?/m0/s1. The minimum atomic E-state index is 0.112. The van der Waals surface area contributed by atoms with Gasteiger partial charge in [-0.2, -0.15) is 0 Å². The normalized spacial score (nSPS) is 24.4. The van der Waals surface area contributed by atoms with Crippen LogP contribution in [0.1, 0.15) is 25.0 Å². The molecule has 1 unspecified atom stereocenters. The van der Waals surface area contributed by atoms with E-state index in [1.807, 2.05) is 24.3 Å². The van der Waals surface area contributed by atoms with Crippen LogP contribution in [0.5, 0.6) is 5.75 Å². The van der Waals surface area contributed by atoms with Crippen molar-refractivity contribution >= 4 is 0 Å². The van der Waals surface area contributed by atoms with Gasteiger partial charge in [-0.1, -0.05) is 31.2 Å². The van der Waals surface area contributed by atoms with Crippen molar-refractivity contribution in [3.63, 3.8) is 0 Å². The fourth-order valence-corrected chi connectivity index (χ4v) is 1.72. The van der Waals surface area contributed by atoms with Crippen molar-refractivity contribution < 1.29 is 9.47 Å². The fourth-order valence-electron chi connectivity index (χ4n) is 1.72. The molecule has 1 aliphatic heterocycles. The molecular weight excluding hydrogens is 188 g/mol. The summed E-state index contributed by atoms with van der Waals surface area (Å²) < 4.78 is 10.9. The zero-order valence-electron chi connectivity index (χ0n) is 9.14. The lowest BCUT2D eigenvalue weighted by molar-refractivity contribution is 0.0586. The van der Waals surface area contributed by atoms with E-state index in [0.717, 1.165) is 12.2 Å². The van der Waals surface area contributed by atoms with Crippen molar-refractivity contribution in [1.29, 1.82) is 0 Å². The molecule has 2 rings (SSSR count). The monoisotopic (exact) mass is 204 g/mol. The SMILES string of the molecule is CC[C@H]1C=CC(c2ccc(OC)cc2)O1. The average molecular weight is 204 g/mol. The second-order valence-electron chi connectivity index (χ2n) is 3.66. The molecule has 2 atom stereocenters. The predicted molar refractivity (Wildman–Crippen MR) is 60.0 cm³/mol. The van der Waals surface area contributed by atoms with Gasteiger partial charge in [0.15, 0.2) is 0 Å². The van der Waals surface area contributed by atoms with Gasteiger partial charge in [0, 0.05) is 0 Å². The summed E-state index contributed by atoms with van der Waals surface area (Å²) in [6, 6.07) is 8.02. The third-order valence-corrected chi connectivity index (χ3v) is 2.67. The van der Waals surface area contributed by atoms with Crippen molar-refractivity contribution in [3.05, 3.63) is 42.0 Å². The Morgan fingerprint density at radius 2 is 1.93 bits per heavy atom. The molecule has 1 aromatic carbocycles. The summed E-state index contributed by atoms with van der Waals surface area (Å²) in [4.78, 5) is 0. The molecular formula is C13H16O2. The van der Waals surface area contributed by atoms with Crippen molar-refractivity contribution in [3.8, 4) is 5.75 Å². The summed E-state index contributed by atoms with van der Waals surface area (Å²) in [7, 11) is 1.67. The third kappa shape index (κ3) is 2.21. The molecule has 0 fully saturated rings. The van der Waals surface area contributed by atoms with Gasteiger partial charge in [0.2, 0.25) is 0 Å². The highest BCUT2D eigenvalue weighted by Crippen LogP contribution is 2.28. The molecule has 2 heteroatoms. The van der Waals surface area contributed by atoms with Gasteiger partial charge >= 0.3 is 0 Å². The number of benzene rings is 1. The van der Waals surface area contributed by atoms with Crippen LogP contribution in [0.2, 0.25) is 0 Å². The van der Waals surface area contributed by atoms with E-state index in [0.29, 0.717) is 0 Å².